The monoisotopic (exact) mass is 256 g/mol. The number of nitrogens with zero attached hydrogens (tertiary/aromatic N) is 5. The molecular formula is C12H12N6O. The molecule has 0 aliphatic rings. The first-order valence-corrected chi connectivity index (χ1v) is 5.90. The van der Waals surface area contributed by atoms with Crippen molar-refractivity contribution < 1.29 is 4.42 Å². The van der Waals surface area contributed by atoms with E-state index in [2.05, 4.69) is 25.4 Å². The summed E-state index contributed by atoms with van der Waals surface area (Å²) in [5.74, 6) is 2.01. The lowest BCUT2D eigenvalue weighted by Crippen LogP contribution is -2.09. The van der Waals surface area contributed by atoms with E-state index in [4.69, 9.17) is 4.42 Å². The Hall–Kier alpha value is -2.70. The molecule has 7 nitrogen and oxygen atoms in total. The lowest BCUT2D eigenvalue weighted by Gasteiger charge is -2.06. The number of hydrogen-bond donors (Lipinski definition) is 1. The molecule has 0 aromatic carbocycles. The topological polar surface area (TPSA) is 81.7 Å². The minimum absolute atomic E-state index is 0.447. The van der Waals surface area contributed by atoms with E-state index in [1.54, 1.807) is 35.5 Å². The Morgan fingerprint density at radius 1 is 1.26 bits per heavy atom. The number of nitrogens with one attached hydrogen (secondary N) is 1. The second-order valence-electron chi connectivity index (χ2n) is 3.74. The molecule has 3 rings (SSSR count). The average Bonchev–Trinajstić information content (AvgIpc) is 3.12. The molecule has 0 spiro atoms. The molecule has 0 radical (unpaired) electrons. The highest BCUT2D eigenvalue weighted by atomic mass is 16.3. The van der Waals surface area contributed by atoms with Gasteiger partial charge in [0.2, 0.25) is 11.8 Å². The maximum atomic E-state index is 5.31. The fourth-order valence-corrected chi connectivity index (χ4v) is 1.61. The van der Waals surface area contributed by atoms with Crippen LogP contribution in [0.4, 0.5) is 5.95 Å². The van der Waals surface area contributed by atoms with Crippen molar-refractivity contribution in [3.8, 4) is 17.5 Å². The SMILES string of the molecule is CCNc1nc(-c2ccco2)nc(-n2cccn2)n1. The van der Waals surface area contributed by atoms with E-state index in [0.29, 0.717) is 23.5 Å². The van der Waals surface area contributed by atoms with Crippen molar-refractivity contribution in [1.29, 1.82) is 0 Å². The third-order valence-corrected chi connectivity index (χ3v) is 2.41. The summed E-state index contributed by atoms with van der Waals surface area (Å²) >= 11 is 0. The molecule has 7 heteroatoms. The Labute approximate surface area is 109 Å². The first-order valence-electron chi connectivity index (χ1n) is 5.90. The van der Waals surface area contributed by atoms with Gasteiger partial charge in [-0.2, -0.15) is 20.1 Å². The van der Waals surface area contributed by atoms with E-state index in [9.17, 15) is 0 Å². The number of furan rings is 1. The van der Waals surface area contributed by atoms with Crippen LogP contribution in [-0.2, 0) is 0 Å². The van der Waals surface area contributed by atoms with Gasteiger partial charge in [-0.25, -0.2) is 4.68 Å². The molecule has 0 atom stereocenters. The summed E-state index contributed by atoms with van der Waals surface area (Å²) in [7, 11) is 0. The number of rotatable bonds is 4. The van der Waals surface area contributed by atoms with Crippen LogP contribution >= 0.6 is 0 Å². The Morgan fingerprint density at radius 3 is 2.89 bits per heavy atom. The molecule has 3 heterocycles. The van der Waals surface area contributed by atoms with E-state index in [0.717, 1.165) is 6.54 Å². The molecule has 3 aromatic rings. The Kier molecular flexibility index (Phi) is 2.93. The van der Waals surface area contributed by atoms with Crippen molar-refractivity contribution >= 4 is 5.95 Å². The Bertz CT molecular complexity index is 594. The van der Waals surface area contributed by atoms with Crippen molar-refractivity contribution in [2.75, 3.05) is 11.9 Å². The molecule has 0 fully saturated rings. The van der Waals surface area contributed by atoms with E-state index >= 15 is 0 Å². The lowest BCUT2D eigenvalue weighted by atomic mass is 10.4. The van der Waals surface area contributed by atoms with E-state index < -0.39 is 0 Å². The summed E-state index contributed by atoms with van der Waals surface area (Å²) in [5, 5.41) is 7.18. The minimum Gasteiger partial charge on any atom is -0.461 e. The Morgan fingerprint density at radius 2 is 2.21 bits per heavy atom. The maximum Gasteiger partial charge on any atom is 0.256 e. The van der Waals surface area contributed by atoms with Crippen molar-refractivity contribution in [3.05, 3.63) is 36.9 Å². The van der Waals surface area contributed by atoms with Crippen LogP contribution < -0.4 is 5.32 Å². The van der Waals surface area contributed by atoms with E-state index in [1.807, 2.05) is 13.0 Å². The highest BCUT2D eigenvalue weighted by Crippen LogP contribution is 2.17. The van der Waals surface area contributed by atoms with Crippen molar-refractivity contribution in [1.82, 2.24) is 24.7 Å². The summed E-state index contributed by atoms with van der Waals surface area (Å²) in [4.78, 5) is 13.0. The van der Waals surface area contributed by atoms with Crippen molar-refractivity contribution in [3.63, 3.8) is 0 Å². The van der Waals surface area contributed by atoms with Gasteiger partial charge in [-0.05, 0) is 25.1 Å². The molecule has 0 saturated carbocycles. The maximum absolute atomic E-state index is 5.31. The van der Waals surface area contributed by atoms with Gasteiger partial charge in [-0.1, -0.05) is 0 Å². The van der Waals surface area contributed by atoms with Crippen LogP contribution in [0.15, 0.2) is 41.3 Å². The van der Waals surface area contributed by atoms with Gasteiger partial charge in [0, 0.05) is 18.9 Å². The second-order valence-corrected chi connectivity index (χ2v) is 3.74. The predicted molar refractivity (Wildman–Crippen MR) is 68.8 cm³/mol. The van der Waals surface area contributed by atoms with E-state index in [-0.39, 0.29) is 0 Å². The van der Waals surface area contributed by atoms with Crippen LogP contribution in [0.3, 0.4) is 0 Å². The van der Waals surface area contributed by atoms with Crippen LogP contribution in [-0.4, -0.2) is 31.3 Å². The summed E-state index contributed by atoms with van der Waals surface area (Å²) in [6.07, 6.45) is 5.03. The van der Waals surface area contributed by atoms with Gasteiger partial charge in [0.15, 0.2) is 5.76 Å². The van der Waals surface area contributed by atoms with Gasteiger partial charge in [0.25, 0.3) is 5.95 Å². The summed E-state index contributed by atoms with van der Waals surface area (Å²) in [5.41, 5.74) is 0. The van der Waals surface area contributed by atoms with Gasteiger partial charge in [-0.3, -0.25) is 0 Å². The molecular weight excluding hydrogens is 244 g/mol. The lowest BCUT2D eigenvalue weighted by molar-refractivity contribution is 0.576. The normalized spacial score (nSPS) is 10.6. The smallest absolute Gasteiger partial charge is 0.256 e. The van der Waals surface area contributed by atoms with Gasteiger partial charge >= 0.3 is 0 Å². The fraction of sp³-hybridized carbons (Fsp3) is 0.167. The first-order chi connectivity index (χ1) is 9.36. The van der Waals surface area contributed by atoms with Gasteiger partial charge in [0.05, 0.1) is 6.26 Å². The minimum atomic E-state index is 0.447. The van der Waals surface area contributed by atoms with Crippen molar-refractivity contribution in [2.24, 2.45) is 0 Å². The largest absolute Gasteiger partial charge is 0.461 e. The molecule has 0 bridgehead atoms. The first kappa shape index (κ1) is 11.4. The molecule has 0 aliphatic carbocycles. The van der Waals surface area contributed by atoms with Gasteiger partial charge in [-0.15, -0.1) is 0 Å². The molecule has 96 valence electrons. The summed E-state index contributed by atoms with van der Waals surface area (Å²) in [6.45, 7) is 2.70. The van der Waals surface area contributed by atoms with Crippen LogP contribution in [0.2, 0.25) is 0 Å². The van der Waals surface area contributed by atoms with Crippen LogP contribution in [0.5, 0.6) is 0 Å². The predicted octanol–water partition coefficient (Wildman–Crippen LogP) is 1.75. The van der Waals surface area contributed by atoms with Crippen LogP contribution in [0.25, 0.3) is 17.5 Å². The highest BCUT2D eigenvalue weighted by Gasteiger charge is 2.11. The standard InChI is InChI=1S/C12H12N6O/c1-2-13-11-15-10(9-5-3-8-19-9)16-12(17-11)18-7-4-6-14-18/h3-8H,2H2,1H3,(H,13,15,16,17). The third kappa shape index (κ3) is 2.30. The number of hydrogen-bond acceptors (Lipinski definition) is 6. The molecule has 0 unspecified atom stereocenters. The molecule has 1 N–H and O–H groups in total. The van der Waals surface area contributed by atoms with E-state index in [1.165, 1.54) is 0 Å². The number of anilines is 1. The third-order valence-electron chi connectivity index (χ3n) is 2.41. The van der Waals surface area contributed by atoms with Gasteiger partial charge in [0.1, 0.15) is 0 Å². The zero-order valence-electron chi connectivity index (χ0n) is 10.3. The summed E-state index contributed by atoms with van der Waals surface area (Å²) < 4.78 is 6.89. The van der Waals surface area contributed by atoms with Crippen LogP contribution in [0, 0.1) is 0 Å². The molecule has 19 heavy (non-hydrogen) atoms. The molecule has 3 aromatic heterocycles. The molecule has 0 saturated heterocycles. The molecule has 0 amide bonds. The van der Waals surface area contributed by atoms with Gasteiger partial charge < -0.3 is 9.73 Å². The average molecular weight is 256 g/mol. The second kappa shape index (κ2) is 4.89. The quantitative estimate of drug-likeness (QED) is 0.765. The zero-order valence-corrected chi connectivity index (χ0v) is 10.3. The molecule has 0 aliphatic heterocycles. The number of aromatic nitrogens is 5. The van der Waals surface area contributed by atoms with Crippen molar-refractivity contribution in [2.45, 2.75) is 6.92 Å². The fourth-order valence-electron chi connectivity index (χ4n) is 1.61. The zero-order chi connectivity index (χ0) is 13.1. The Balaban J connectivity index is 2.09. The highest BCUT2D eigenvalue weighted by molar-refractivity contribution is 5.49. The van der Waals surface area contributed by atoms with Crippen LogP contribution in [0.1, 0.15) is 6.92 Å². The summed E-state index contributed by atoms with van der Waals surface area (Å²) in [6, 6.07) is 5.40.